The van der Waals surface area contributed by atoms with Gasteiger partial charge in [-0.1, -0.05) is 6.07 Å². The molecule has 0 unspecified atom stereocenters. The third kappa shape index (κ3) is 3.67. The molecule has 118 valence electrons. The first-order valence-corrected chi connectivity index (χ1v) is 8.31. The van der Waals surface area contributed by atoms with E-state index in [0.29, 0.717) is 22.8 Å². The second kappa shape index (κ2) is 6.23. The molecule has 6 nitrogen and oxygen atoms in total. The second-order valence-electron chi connectivity index (χ2n) is 4.71. The Morgan fingerprint density at radius 3 is 2.64 bits per heavy atom. The molecule has 0 spiro atoms. The fraction of sp³-hybridized carbons (Fsp3) is 0.267. The van der Waals surface area contributed by atoms with Gasteiger partial charge in [0.15, 0.2) is 9.84 Å². The molecular formula is C15H16O6S. The molecule has 0 aliphatic carbocycles. The van der Waals surface area contributed by atoms with Crippen molar-refractivity contribution >= 4 is 15.8 Å². The average Bonchev–Trinajstić information content (AvgIpc) is 2.85. The van der Waals surface area contributed by atoms with E-state index in [1.165, 1.54) is 19.2 Å². The quantitative estimate of drug-likeness (QED) is 0.785. The smallest absolute Gasteiger partial charge is 0.341 e. The molecule has 1 aromatic heterocycles. The normalized spacial score (nSPS) is 11.2. The number of benzene rings is 1. The maximum Gasteiger partial charge on any atom is 0.341 e. The Hall–Kier alpha value is -2.28. The van der Waals surface area contributed by atoms with Crippen molar-refractivity contribution in [1.82, 2.24) is 0 Å². The summed E-state index contributed by atoms with van der Waals surface area (Å²) in [5.41, 5.74) is 0.339. The Labute approximate surface area is 128 Å². The predicted molar refractivity (Wildman–Crippen MR) is 78.7 cm³/mol. The van der Waals surface area contributed by atoms with E-state index in [1.54, 1.807) is 25.1 Å². The Balaban J connectivity index is 2.12. The second-order valence-corrected chi connectivity index (χ2v) is 6.73. The first kappa shape index (κ1) is 16.1. The van der Waals surface area contributed by atoms with Crippen LogP contribution in [-0.4, -0.2) is 27.8 Å². The SMILES string of the molecule is COC(=O)c1cc(COc2cccc(S(C)(=O)=O)c2)oc1C. The lowest BCUT2D eigenvalue weighted by atomic mass is 10.2. The zero-order chi connectivity index (χ0) is 16.3. The molecule has 0 bridgehead atoms. The number of esters is 1. The minimum atomic E-state index is -3.29. The van der Waals surface area contributed by atoms with Crippen LogP contribution in [0.5, 0.6) is 5.75 Å². The number of hydrogen-bond donors (Lipinski definition) is 0. The number of carbonyl (C=O) groups excluding carboxylic acids is 1. The van der Waals surface area contributed by atoms with Gasteiger partial charge < -0.3 is 13.9 Å². The number of carbonyl (C=O) groups is 1. The number of hydrogen-bond acceptors (Lipinski definition) is 6. The van der Waals surface area contributed by atoms with Gasteiger partial charge in [-0.3, -0.25) is 0 Å². The van der Waals surface area contributed by atoms with Gasteiger partial charge in [0.1, 0.15) is 29.4 Å². The molecule has 7 heteroatoms. The highest BCUT2D eigenvalue weighted by Crippen LogP contribution is 2.21. The largest absolute Gasteiger partial charge is 0.486 e. The molecule has 1 heterocycles. The molecule has 0 atom stereocenters. The topological polar surface area (TPSA) is 82.8 Å². The summed E-state index contributed by atoms with van der Waals surface area (Å²) in [5.74, 6) is 0.807. The van der Waals surface area contributed by atoms with Crippen molar-refractivity contribution in [2.45, 2.75) is 18.4 Å². The van der Waals surface area contributed by atoms with Crippen molar-refractivity contribution in [3.05, 3.63) is 47.4 Å². The van der Waals surface area contributed by atoms with Gasteiger partial charge in [0.25, 0.3) is 0 Å². The van der Waals surface area contributed by atoms with Crippen LogP contribution in [0.1, 0.15) is 21.9 Å². The van der Waals surface area contributed by atoms with Crippen LogP contribution in [-0.2, 0) is 21.2 Å². The van der Waals surface area contributed by atoms with Gasteiger partial charge in [-0.25, -0.2) is 13.2 Å². The van der Waals surface area contributed by atoms with E-state index in [-0.39, 0.29) is 11.5 Å². The summed E-state index contributed by atoms with van der Waals surface area (Å²) in [5, 5.41) is 0. The molecule has 1 aromatic carbocycles. The van der Waals surface area contributed by atoms with Gasteiger partial charge in [0.2, 0.25) is 0 Å². The van der Waals surface area contributed by atoms with Gasteiger partial charge in [0.05, 0.1) is 12.0 Å². The summed E-state index contributed by atoms with van der Waals surface area (Å²) in [6, 6.07) is 7.72. The molecule has 0 aliphatic rings. The van der Waals surface area contributed by atoms with E-state index in [4.69, 9.17) is 9.15 Å². The van der Waals surface area contributed by atoms with E-state index >= 15 is 0 Å². The highest BCUT2D eigenvalue weighted by atomic mass is 32.2. The maximum absolute atomic E-state index is 11.5. The van der Waals surface area contributed by atoms with Gasteiger partial charge in [-0.05, 0) is 31.2 Å². The van der Waals surface area contributed by atoms with Crippen LogP contribution >= 0.6 is 0 Å². The summed E-state index contributed by atoms with van der Waals surface area (Å²) in [6.07, 6.45) is 1.13. The van der Waals surface area contributed by atoms with Crippen molar-refractivity contribution in [3.8, 4) is 5.75 Å². The van der Waals surface area contributed by atoms with Crippen LogP contribution in [0.25, 0.3) is 0 Å². The lowest BCUT2D eigenvalue weighted by Crippen LogP contribution is -2.01. The summed E-state index contributed by atoms with van der Waals surface area (Å²) in [6.45, 7) is 1.73. The number of sulfone groups is 1. The number of rotatable bonds is 5. The van der Waals surface area contributed by atoms with E-state index < -0.39 is 15.8 Å². The lowest BCUT2D eigenvalue weighted by molar-refractivity contribution is 0.0599. The molecule has 2 rings (SSSR count). The molecule has 0 saturated carbocycles. The minimum Gasteiger partial charge on any atom is -0.486 e. The van der Waals surface area contributed by atoms with Crippen molar-refractivity contribution in [2.75, 3.05) is 13.4 Å². The molecular weight excluding hydrogens is 308 g/mol. The minimum absolute atomic E-state index is 0.0745. The fourth-order valence-corrected chi connectivity index (χ4v) is 2.53. The van der Waals surface area contributed by atoms with Gasteiger partial charge >= 0.3 is 5.97 Å². The Morgan fingerprint density at radius 2 is 2.00 bits per heavy atom. The van der Waals surface area contributed by atoms with Crippen molar-refractivity contribution in [2.24, 2.45) is 0 Å². The third-order valence-electron chi connectivity index (χ3n) is 2.99. The standard InChI is InChI=1S/C15H16O6S/c1-10-14(15(16)19-2)8-12(21-10)9-20-11-5-4-6-13(7-11)22(3,17)18/h4-8H,9H2,1-3H3. The van der Waals surface area contributed by atoms with Crippen LogP contribution in [0.2, 0.25) is 0 Å². The van der Waals surface area contributed by atoms with Crippen LogP contribution in [0, 0.1) is 6.92 Å². The number of ether oxygens (including phenoxy) is 2. The van der Waals surface area contributed by atoms with Gasteiger partial charge in [-0.15, -0.1) is 0 Å². The van der Waals surface area contributed by atoms with Crippen molar-refractivity contribution < 1.29 is 27.1 Å². The Morgan fingerprint density at radius 1 is 1.27 bits per heavy atom. The van der Waals surface area contributed by atoms with Crippen LogP contribution in [0.15, 0.2) is 39.6 Å². The highest BCUT2D eigenvalue weighted by molar-refractivity contribution is 7.90. The van der Waals surface area contributed by atoms with Crippen LogP contribution < -0.4 is 4.74 Å². The Kier molecular flexibility index (Phi) is 4.56. The van der Waals surface area contributed by atoms with E-state index in [9.17, 15) is 13.2 Å². The van der Waals surface area contributed by atoms with E-state index in [2.05, 4.69) is 4.74 Å². The highest BCUT2D eigenvalue weighted by Gasteiger charge is 2.15. The molecule has 0 fully saturated rings. The fourth-order valence-electron chi connectivity index (χ4n) is 1.88. The summed E-state index contributed by atoms with van der Waals surface area (Å²) < 4.78 is 38.5. The zero-order valence-corrected chi connectivity index (χ0v) is 13.3. The van der Waals surface area contributed by atoms with Crippen molar-refractivity contribution in [3.63, 3.8) is 0 Å². The number of aryl methyl sites for hydroxylation is 1. The van der Waals surface area contributed by atoms with Gasteiger partial charge in [0, 0.05) is 6.26 Å². The van der Waals surface area contributed by atoms with E-state index in [0.717, 1.165) is 6.26 Å². The molecule has 0 amide bonds. The molecule has 0 N–H and O–H groups in total. The zero-order valence-electron chi connectivity index (χ0n) is 12.5. The summed E-state index contributed by atoms with van der Waals surface area (Å²) in [4.78, 5) is 11.7. The molecule has 22 heavy (non-hydrogen) atoms. The third-order valence-corrected chi connectivity index (χ3v) is 4.10. The van der Waals surface area contributed by atoms with Gasteiger partial charge in [-0.2, -0.15) is 0 Å². The number of methoxy groups -OCH3 is 1. The van der Waals surface area contributed by atoms with Crippen LogP contribution in [0.3, 0.4) is 0 Å². The Bertz CT molecular complexity index is 788. The molecule has 0 saturated heterocycles. The number of furan rings is 1. The molecule has 0 radical (unpaired) electrons. The summed E-state index contributed by atoms with van der Waals surface area (Å²) in [7, 11) is -2.00. The first-order valence-electron chi connectivity index (χ1n) is 6.42. The monoisotopic (exact) mass is 324 g/mol. The van der Waals surface area contributed by atoms with Crippen LogP contribution in [0.4, 0.5) is 0 Å². The predicted octanol–water partition coefficient (Wildman–Crippen LogP) is 2.36. The van der Waals surface area contributed by atoms with Crippen molar-refractivity contribution in [1.29, 1.82) is 0 Å². The summed E-state index contributed by atoms with van der Waals surface area (Å²) >= 11 is 0. The molecule has 2 aromatic rings. The van der Waals surface area contributed by atoms with E-state index in [1.807, 2.05) is 0 Å². The lowest BCUT2D eigenvalue weighted by Gasteiger charge is -2.05. The molecule has 0 aliphatic heterocycles. The maximum atomic E-state index is 11.5. The first-order chi connectivity index (χ1) is 10.3. The average molecular weight is 324 g/mol.